The Morgan fingerprint density at radius 1 is 1.38 bits per heavy atom. The normalized spacial score (nSPS) is 12.1. The molecule has 0 saturated heterocycles. The van der Waals surface area contributed by atoms with Gasteiger partial charge in [-0.1, -0.05) is 12.1 Å². The van der Waals surface area contributed by atoms with Gasteiger partial charge in [0, 0.05) is 22.5 Å². The van der Waals surface area contributed by atoms with Gasteiger partial charge in [0.2, 0.25) is 0 Å². The lowest BCUT2D eigenvalue weighted by atomic mass is 10.2. The molecular formula is C12H9N3S. The molecule has 4 aromatic rings. The van der Waals surface area contributed by atoms with Gasteiger partial charge in [-0.15, -0.1) is 11.3 Å². The van der Waals surface area contributed by atoms with E-state index >= 15 is 0 Å². The first-order chi connectivity index (χ1) is 7.83. The van der Waals surface area contributed by atoms with Crippen LogP contribution in [0.25, 0.3) is 27.0 Å². The summed E-state index contributed by atoms with van der Waals surface area (Å²) in [4.78, 5) is 9.12. The monoisotopic (exact) mass is 227 g/mol. The zero-order valence-corrected chi connectivity index (χ0v) is 9.51. The summed E-state index contributed by atoms with van der Waals surface area (Å²) in [6.45, 7) is 2.10. The van der Waals surface area contributed by atoms with E-state index in [1.165, 1.54) is 10.9 Å². The number of nitrogens with one attached hydrogen (secondary N) is 1. The molecule has 4 heteroatoms. The van der Waals surface area contributed by atoms with Gasteiger partial charge >= 0.3 is 0 Å². The van der Waals surface area contributed by atoms with Crippen molar-refractivity contribution in [2.24, 2.45) is 0 Å². The van der Waals surface area contributed by atoms with E-state index in [1.54, 1.807) is 11.3 Å². The van der Waals surface area contributed by atoms with Gasteiger partial charge in [0.1, 0.15) is 11.2 Å². The van der Waals surface area contributed by atoms with Gasteiger partial charge in [0.15, 0.2) is 4.96 Å². The van der Waals surface area contributed by atoms with Crippen LogP contribution in [0.1, 0.15) is 5.56 Å². The maximum Gasteiger partial charge on any atom is 0.195 e. The average molecular weight is 227 g/mol. The van der Waals surface area contributed by atoms with Crippen molar-refractivity contribution in [3.05, 3.63) is 35.3 Å². The van der Waals surface area contributed by atoms with Crippen molar-refractivity contribution in [1.29, 1.82) is 0 Å². The molecule has 3 heterocycles. The summed E-state index contributed by atoms with van der Waals surface area (Å²) >= 11 is 1.66. The molecule has 0 spiro atoms. The van der Waals surface area contributed by atoms with Crippen LogP contribution in [0.15, 0.2) is 29.8 Å². The summed E-state index contributed by atoms with van der Waals surface area (Å²) in [6.07, 6.45) is 2.05. The van der Waals surface area contributed by atoms with Crippen molar-refractivity contribution < 1.29 is 0 Å². The highest BCUT2D eigenvalue weighted by Crippen LogP contribution is 2.27. The highest BCUT2D eigenvalue weighted by Gasteiger charge is 2.11. The number of hydrogen-bond donors (Lipinski definition) is 1. The number of imidazole rings is 1. The second kappa shape index (κ2) is 2.65. The zero-order valence-electron chi connectivity index (χ0n) is 8.69. The molecule has 0 atom stereocenters. The molecule has 16 heavy (non-hydrogen) atoms. The Morgan fingerprint density at radius 2 is 2.31 bits per heavy atom. The van der Waals surface area contributed by atoms with Crippen molar-refractivity contribution in [1.82, 2.24) is 14.4 Å². The number of fused-ring (bicyclic) bond motifs is 5. The van der Waals surface area contributed by atoms with Gasteiger partial charge in [-0.2, -0.15) is 0 Å². The lowest BCUT2D eigenvalue weighted by Gasteiger charge is -1.91. The molecule has 0 aliphatic carbocycles. The first-order valence-corrected chi connectivity index (χ1v) is 6.04. The topological polar surface area (TPSA) is 33.1 Å². The summed E-state index contributed by atoms with van der Waals surface area (Å²) in [5.41, 5.74) is 4.60. The van der Waals surface area contributed by atoms with E-state index in [2.05, 4.69) is 51.1 Å². The Bertz CT molecular complexity index is 819. The van der Waals surface area contributed by atoms with E-state index in [4.69, 9.17) is 0 Å². The molecule has 0 aliphatic heterocycles. The standard InChI is InChI=1S/C12H9N3S/c1-7-2-3-8-9(6-7)13-11-10(8)14-12-15(11)4-5-16-12/h2-6,13H,1H3. The van der Waals surface area contributed by atoms with E-state index in [0.717, 1.165) is 21.6 Å². The number of H-pyrrole nitrogens is 1. The van der Waals surface area contributed by atoms with Crippen LogP contribution >= 0.6 is 11.3 Å². The van der Waals surface area contributed by atoms with E-state index in [9.17, 15) is 0 Å². The minimum atomic E-state index is 1.05. The molecule has 0 amide bonds. The van der Waals surface area contributed by atoms with Gasteiger partial charge in [0.05, 0.1) is 0 Å². The quantitative estimate of drug-likeness (QED) is 0.491. The van der Waals surface area contributed by atoms with E-state index < -0.39 is 0 Å². The largest absolute Gasteiger partial charge is 0.339 e. The Kier molecular flexibility index (Phi) is 1.38. The van der Waals surface area contributed by atoms with Crippen LogP contribution < -0.4 is 0 Å². The maximum absolute atomic E-state index is 4.64. The smallest absolute Gasteiger partial charge is 0.195 e. The predicted molar refractivity (Wildman–Crippen MR) is 67.2 cm³/mol. The zero-order chi connectivity index (χ0) is 10.7. The van der Waals surface area contributed by atoms with Crippen molar-refractivity contribution in [3.63, 3.8) is 0 Å². The second-order valence-electron chi connectivity index (χ2n) is 4.04. The van der Waals surface area contributed by atoms with Crippen molar-refractivity contribution in [2.45, 2.75) is 6.92 Å². The third-order valence-electron chi connectivity index (χ3n) is 2.95. The fraction of sp³-hybridized carbons (Fsp3) is 0.0833. The number of hydrogen-bond acceptors (Lipinski definition) is 2. The number of aromatic nitrogens is 3. The fourth-order valence-electron chi connectivity index (χ4n) is 2.19. The lowest BCUT2D eigenvalue weighted by Crippen LogP contribution is -1.76. The molecule has 3 aromatic heterocycles. The number of aryl methyl sites for hydroxylation is 1. The summed E-state index contributed by atoms with van der Waals surface area (Å²) < 4.78 is 2.11. The molecule has 4 rings (SSSR count). The Labute approximate surface area is 95.3 Å². The minimum Gasteiger partial charge on any atom is -0.339 e. The summed E-state index contributed by atoms with van der Waals surface area (Å²) in [5.74, 6) is 0. The van der Waals surface area contributed by atoms with Gasteiger partial charge in [-0.3, -0.25) is 4.40 Å². The molecule has 0 fully saturated rings. The molecule has 0 bridgehead atoms. The number of nitrogens with zero attached hydrogens (tertiary/aromatic N) is 2. The van der Waals surface area contributed by atoms with E-state index in [-0.39, 0.29) is 0 Å². The molecule has 1 aromatic carbocycles. The van der Waals surface area contributed by atoms with Gasteiger partial charge < -0.3 is 4.98 Å². The molecule has 0 radical (unpaired) electrons. The van der Waals surface area contributed by atoms with Crippen LogP contribution in [0.2, 0.25) is 0 Å². The highest BCUT2D eigenvalue weighted by atomic mass is 32.1. The lowest BCUT2D eigenvalue weighted by molar-refractivity contribution is 1.24. The fourth-order valence-corrected chi connectivity index (χ4v) is 2.90. The van der Waals surface area contributed by atoms with Gasteiger partial charge in [-0.05, 0) is 18.6 Å². The van der Waals surface area contributed by atoms with Crippen LogP contribution in [0.3, 0.4) is 0 Å². The minimum absolute atomic E-state index is 1.05. The number of rotatable bonds is 0. The third kappa shape index (κ3) is 0.900. The summed E-state index contributed by atoms with van der Waals surface area (Å²) in [6, 6.07) is 6.43. The van der Waals surface area contributed by atoms with Crippen LogP contribution in [-0.4, -0.2) is 14.4 Å². The molecule has 1 N–H and O–H groups in total. The Balaban J connectivity index is 2.31. The van der Waals surface area contributed by atoms with E-state index in [1.807, 2.05) is 0 Å². The molecule has 78 valence electrons. The summed E-state index contributed by atoms with van der Waals surface area (Å²) in [7, 11) is 0. The molecule has 0 aliphatic rings. The first kappa shape index (κ1) is 8.35. The van der Waals surface area contributed by atoms with Gasteiger partial charge in [0.25, 0.3) is 0 Å². The predicted octanol–water partition coefficient (Wildman–Crippen LogP) is 3.34. The number of aromatic amines is 1. The first-order valence-electron chi connectivity index (χ1n) is 5.16. The highest BCUT2D eigenvalue weighted by molar-refractivity contribution is 7.15. The van der Waals surface area contributed by atoms with Crippen LogP contribution in [0.5, 0.6) is 0 Å². The van der Waals surface area contributed by atoms with Crippen LogP contribution in [0, 0.1) is 6.92 Å². The third-order valence-corrected chi connectivity index (χ3v) is 3.70. The van der Waals surface area contributed by atoms with Crippen LogP contribution in [0.4, 0.5) is 0 Å². The van der Waals surface area contributed by atoms with Crippen LogP contribution in [-0.2, 0) is 0 Å². The SMILES string of the molecule is Cc1ccc2c(c1)[nH]c1c2nc2sccn21. The molecular weight excluding hydrogens is 218 g/mol. The average Bonchev–Trinajstić information content (AvgIpc) is 2.87. The van der Waals surface area contributed by atoms with Gasteiger partial charge in [-0.25, -0.2) is 4.98 Å². The van der Waals surface area contributed by atoms with Crippen molar-refractivity contribution in [3.8, 4) is 0 Å². The maximum atomic E-state index is 4.64. The second-order valence-corrected chi connectivity index (χ2v) is 4.91. The number of thiazole rings is 1. The summed E-state index contributed by atoms with van der Waals surface area (Å²) in [5, 5.41) is 3.26. The molecule has 3 nitrogen and oxygen atoms in total. The Hall–Kier alpha value is -1.81. The van der Waals surface area contributed by atoms with Crippen molar-refractivity contribution >= 4 is 38.4 Å². The van der Waals surface area contributed by atoms with E-state index in [0.29, 0.717) is 0 Å². The van der Waals surface area contributed by atoms with Crippen molar-refractivity contribution in [2.75, 3.05) is 0 Å². The molecule has 0 unspecified atom stereocenters. The molecule has 0 saturated carbocycles. The Morgan fingerprint density at radius 3 is 3.25 bits per heavy atom. The number of benzene rings is 1.